The highest BCUT2D eigenvalue weighted by Crippen LogP contribution is 2.41. The van der Waals surface area contributed by atoms with Gasteiger partial charge in [-0.3, -0.25) is 0 Å². The number of rotatable bonds is 1. The molecule has 106 valence electrons. The molecule has 1 aromatic heterocycles. The first-order valence-electron chi connectivity index (χ1n) is 7.18. The Morgan fingerprint density at radius 1 is 1.20 bits per heavy atom. The van der Waals surface area contributed by atoms with Crippen LogP contribution in [-0.2, 0) is 4.74 Å². The van der Waals surface area contributed by atoms with Gasteiger partial charge in [-0.15, -0.1) is 0 Å². The molecule has 0 saturated carbocycles. The fourth-order valence-corrected chi connectivity index (χ4v) is 3.86. The van der Waals surface area contributed by atoms with Gasteiger partial charge >= 0.3 is 0 Å². The number of aromatic nitrogens is 1. The van der Waals surface area contributed by atoms with Gasteiger partial charge < -0.3 is 14.1 Å². The molecule has 0 aliphatic carbocycles. The zero-order valence-corrected chi connectivity index (χ0v) is 12.9. The maximum absolute atomic E-state index is 5.99. The van der Waals surface area contributed by atoms with E-state index in [4.69, 9.17) is 14.1 Å². The summed E-state index contributed by atoms with van der Waals surface area (Å²) in [4.78, 5) is 7.07. The van der Waals surface area contributed by atoms with Crippen LogP contribution in [0.4, 0.5) is 6.01 Å². The first-order valence-corrected chi connectivity index (χ1v) is 7.98. The van der Waals surface area contributed by atoms with E-state index in [9.17, 15) is 0 Å². The van der Waals surface area contributed by atoms with Crippen molar-refractivity contribution in [3.8, 4) is 0 Å². The highest BCUT2D eigenvalue weighted by Gasteiger charge is 2.44. The van der Waals surface area contributed by atoms with Crippen molar-refractivity contribution in [3.63, 3.8) is 0 Å². The van der Waals surface area contributed by atoms with Crippen LogP contribution in [0.1, 0.15) is 25.7 Å². The number of oxazole rings is 1. The molecular formula is C15H17BrN2O2. The molecule has 4 rings (SSSR count). The molecule has 5 heteroatoms. The second-order valence-electron chi connectivity index (χ2n) is 5.70. The Balaban J connectivity index is 1.73. The number of hydrogen-bond donors (Lipinski definition) is 0. The number of halogens is 1. The molecule has 4 nitrogen and oxygen atoms in total. The van der Waals surface area contributed by atoms with Crippen LogP contribution in [0, 0.1) is 0 Å². The van der Waals surface area contributed by atoms with E-state index < -0.39 is 0 Å². The van der Waals surface area contributed by atoms with Crippen LogP contribution >= 0.6 is 15.9 Å². The highest BCUT2D eigenvalue weighted by molar-refractivity contribution is 9.10. The Bertz CT molecular complexity index is 634. The van der Waals surface area contributed by atoms with E-state index in [0.717, 1.165) is 54.2 Å². The Morgan fingerprint density at radius 3 is 2.90 bits per heavy atom. The molecule has 0 bridgehead atoms. The number of anilines is 1. The minimum absolute atomic E-state index is 0.205. The lowest BCUT2D eigenvalue weighted by Gasteiger charge is -2.40. The Labute approximate surface area is 126 Å². The monoisotopic (exact) mass is 336 g/mol. The van der Waals surface area contributed by atoms with Crippen molar-refractivity contribution in [3.05, 3.63) is 22.7 Å². The zero-order chi connectivity index (χ0) is 13.6. The van der Waals surface area contributed by atoms with Gasteiger partial charge in [0.25, 0.3) is 6.01 Å². The minimum Gasteiger partial charge on any atom is -0.423 e. The van der Waals surface area contributed by atoms with Gasteiger partial charge in [0.05, 0.1) is 0 Å². The predicted molar refractivity (Wildman–Crippen MR) is 81.1 cm³/mol. The van der Waals surface area contributed by atoms with Gasteiger partial charge in [-0.25, -0.2) is 0 Å². The SMILES string of the molecule is Brc1ccc2oc(N3CCCC34CCOCC4)nc2c1. The molecule has 0 unspecified atom stereocenters. The number of hydrogen-bond acceptors (Lipinski definition) is 4. The average Bonchev–Trinajstić information content (AvgIpc) is 3.03. The van der Waals surface area contributed by atoms with Crippen LogP contribution in [-0.4, -0.2) is 30.3 Å². The van der Waals surface area contributed by atoms with Crippen LogP contribution in [0.3, 0.4) is 0 Å². The van der Waals surface area contributed by atoms with E-state index >= 15 is 0 Å². The summed E-state index contributed by atoms with van der Waals surface area (Å²) in [5.74, 6) is 0. The molecule has 0 atom stereocenters. The van der Waals surface area contributed by atoms with Crippen LogP contribution < -0.4 is 4.90 Å². The molecule has 0 N–H and O–H groups in total. The lowest BCUT2D eigenvalue weighted by Crippen LogP contribution is -2.48. The lowest BCUT2D eigenvalue weighted by atomic mass is 9.87. The second kappa shape index (κ2) is 4.74. The molecule has 20 heavy (non-hydrogen) atoms. The summed E-state index contributed by atoms with van der Waals surface area (Å²) in [7, 11) is 0. The highest BCUT2D eigenvalue weighted by atomic mass is 79.9. The first-order chi connectivity index (χ1) is 9.77. The summed E-state index contributed by atoms with van der Waals surface area (Å²) in [6.07, 6.45) is 4.59. The number of benzene rings is 1. The Kier molecular flexibility index (Phi) is 3.00. The van der Waals surface area contributed by atoms with Crippen molar-refractivity contribution in [1.82, 2.24) is 4.98 Å². The molecule has 2 fully saturated rings. The topological polar surface area (TPSA) is 38.5 Å². The van der Waals surface area contributed by atoms with Crippen molar-refractivity contribution in [2.75, 3.05) is 24.7 Å². The van der Waals surface area contributed by atoms with Crippen molar-refractivity contribution in [2.45, 2.75) is 31.2 Å². The van der Waals surface area contributed by atoms with Crippen LogP contribution in [0.25, 0.3) is 11.1 Å². The summed E-state index contributed by atoms with van der Waals surface area (Å²) in [5.41, 5.74) is 1.98. The zero-order valence-electron chi connectivity index (χ0n) is 11.3. The van der Waals surface area contributed by atoms with Crippen molar-refractivity contribution in [2.24, 2.45) is 0 Å². The molecule has 1 spiro atoms. The van der Waals surface area contributed by atoms with Crippen molar-refractivity contribution >= 4 is 33.0 Å². The van der Waals surface area contributed by atoms with E-state index in [2.05, 4.69) is 20.8 Å². The van der Waals surface area contributed by atoms with E-state index in [-0.39, 0.29) is 5.54 Å². The maximum Gasteiger partial charge on any atom is 0.298 e. The van der Waals surface area contributed by atoms with Crippen LogP contribution in [0.2, 0.25) is 0 Å². The molecule has 1 aromatic carbocycles. The standard InChI is InChI=1S/C15H17BrN2O2/c16-11-2-3-13-12(10-11)17-14(20-13)18-7-1-4-15(18)5-8-19-9-6-15/h2-3,10H,1,4-9H2. The summed E-state index contributed by atoms with van der Waals surface area (Å²) in [6.45, 7) is 2.73. The van der Waals surface area contributed by atoms with Crippen molar-refractivity contribution in [1.29, 1.82) is 0 Å². The Hall–Kier alpha value is -1.07. The normalized spacial score (nSPS) is 21.9. The fourth-order valence-electron chi connectivity index (χ4n) is 3.51. The van der Waals surface area contributed by atoms with Gasteiger partial charge in [-0.05, 0) is 43.9 Å². The van der Waals surface area contributed by atoms with Crippen LogP contribution in [0.15, 0.2) is 27.1 Å². The predicted octanol–water partition coefficient (Wildman–Crippen LogP) is 3.74. The third-order valence-corrected chi connectivity index (χ3v) is 5.08. The van der Waals surface area contributed by atoms with E-state index in [1.165, 1.54) is 12.8 Å². The maximum atomic E-state index is 5.99. The third-order valence-electron chi connectivity index (χ3n) is 4.59. The van der Waals surface area contributed by atoms with Crippen LogP contribution in [0.5, 0.6) is 0 Å². The van der Waals surface area contributed by atoms with Gasteiger partial charge in [0.15, 0.2) is 5.58 Å². The second-order valence-corrected chi connectivity index (χ2v) is 6.62. The molecule has 0 amide bonds. The van der Waals surface area contributed by atoms with Gasteiger partial charge in [0, 0.05) is 29.8 Å². The smallest absolute Gasteiger partial charge is 0.298 e. The van der Waals surface area contributed by atoms with E-state index in [1.807, 2.05) is 18.2 Å². The quantitative estimate of drug-likeness (QED) is 0.795. The largest absolute Gasteiger partial charge is 0.423 e. The molecule has 2 saturated heterocycles. The lowest BCUT2D eigenvalue weighted by molar-refractivity contribution is 0.0534. The van der Waals surface area contributed by atoms with Crippen molar-refractivity contribution < 1.29 is 9.15 Å². The molecule has 3 heterocycles. The van der Waals surface area contributed by atoms with Gasteiger partial charge in [0.2, 0.25) is 0 Å². The molecular weight excluding hydrogens is 320 g/mol. The molecule has 0 radical (unpaired) electrons. The number of ether oxygens (including phenoxy) is 1. The molecule has 2 aliphatic heterocycles. The molecule has 2 aromatic rings. The number of fused-ring (bicyclic) bond motifs is 1. The first kappa shape index (κ1) is 12.7. The van der Waals surface area contributed by atoms with Gasteiger partial charge in [0.1, 0.15) is 5.52 Å². The average molecular weight is 337 g/mol. The number of nitrogens with zero attached hydrogens (tertiary/aromatic N) is 2. The fraction of sp³-hybridized carbons (Fsp3) is 0.533. The van der Waals surface area contributed by atoms with Gasteiger partial charge in [-0.1, -0.05) is 15.9 Å². The summed E-state index contributed by atoms with van der Waals surface area (Å²) < 4.78 is 12.6. The van der Waals surface area contributed by atoms with E-state index in [1.54, 1.807) is 0 Å². The third kappa shape index (κ3) is 1.95. The van der Waals surface area contributed by atoms with E-state index in [0.29, 0.717) is 0 Å². The summed E-state index contributed by atoms with van der Waals surface area (Å²) in [6, 6.07) is 6.75. The minimum atomic E-state index is 0.205. The van der Waals surface area contributed by atoms with Gasteiger partial charge in [-0.2, -0.15) is 4.98 Å². The molecule has 2 aliphatic rings. The summed E-state index contributed by atoms with van der Waals surface area (Å²) >= 11 is 3.48. The Morgan fingerprint density at radius 2 is 2.05 bits per heavy atom. The summed E-state index contributed by atoms with van der Waals surface area (Å²) in [5, 5.41) is 0.